The Morgan fingerprint density at radius 1 is 1.50 bits per heavy atom. The van der Waals surface area contributed by atoms with E-state index in [2.05, 4.69) is 5.32 Å². The number of amides is 1. The first kappa shape index (κ1) is 13.2. The average molecular weight is 280 g/mol. The van der Waals surface area contributed by atoms with E-state index in [0.29, 0.717) is 10.6 Å². The third-order valence-electron chi connectivity index (χ3n) is 2.63. The van der Waals surface area contributed by atoms with E-state index < -0.39 is 0 Å². The van der Waals surface area contributed by atoms with Crippen LogP contribution in [0.5, 0.6) is 0 Å². The van der Waals surface area contributed by atoms with Crippen molar-refractivity contribution < 1.29 is 4.79 Å². The summed E-state index contributed by atoms with van der Waals surface area (Å²) in [4.78, 5) is 12.7. The van der Waals surface area contributed by atoms with E-state index in [1.165, 1.54) is 11.3 Å². The number of nitrogen functional groups attached to an aromatic ring is 1. The van der Waals surface area contributed by atoms with E-state index in [9.17, 15) is 4.79 Å². The molecule has 1 unspecified atom stereocenters. The molecule has 1 amide bonds. The predicted molar refractivity (Wildman–Crippen MR) is 81.5 cm³/mol. The Morgan fingerprint density at radius 2 is 2.22 bits per heavy atom. The lowest BCUT2D eigenvalue weighted by molar-refractivity contribution is 0.0948. The van der Waals surface area contributed by atoms with E-state index in [0.717, 1.165) is 15.8 Å². The highest BCUT2D eigenvalue weighted by atomic mass is 32.2. The van der Waals surface area contributed by atoms with Gasteiger partial charge in [-0.3, -0.25) is 4.79 Å². The first-order chi connectivity index (χ1) is 8.63. The molecule has 2 aromatic rings. The molecule has 0 aliphatic rings. The maximum Gasteiger partial charge on any atom is 0.263 e. The van der Waals surface area contributed by atoms with Crippen LogP contribution < -0.4 is 11.1 Å². The van der Waals surface area contributed by atoms with Gasteiger partial charge in [-0.2, -0.15) is 11.8 Å². The van der Waals surface area contributed by atoms with Crippen LogP contribution in [0.25, 0.3) is 10.1 Å². The standard InChI is InChI=1S/C13H16N2OS2/c1-8(7-17-2)15-13(16)12-11(14)9-5-3-4-6-10(9)18-12/h3-6,8H,7,14H2,1-2H3,(H,15,16). The van der Waals surface area contributed by atoms with Crippen molar-refractivity contribution in [3.8, 4) is 0 Å². The van der Waals surface area contributed by atoms with Crippen LogP contribution in [0.4, 0.5) is 5.69 Å². The van der Waals surface area contributed by atoms with Gasteiger partial charge >= 0.3 is 0 Å². The number of anilines is 1. The Morgan fingerprint density at radius 3 is 2.89 bits per heavy atom. The molecule has 3 N–H and O–H groups in total. The zero-order valence-corrected chi connectivity index (χ0v) is 12.0. The van der Waals surface area contributed by atoms with Crippen LogP contribution in [-0.2, 0) is 0 Å². The number of nitrogens with two attached hydrogens (primary N) is 1. The highest BCUT2D eigenvalue weighted by molar-refractivity contribution is 7.98. The van der Waals surface area contributed by atoms with E-state index in [4.69, 9.17) is 5.73 Å². The normalized spacial score (nSPS) is 12.6. The molecular formula is C13H16N2OS2. The molecule has 18 heavy (non-hydrogen) atoms. The lowest BCUT2D eigenvalue weighted by Crippen LogP contribution is -2.34. The molecule has 96 valence electrons. The lowest BCUT2D eigenvalue weighted by atomic mass is 10.2. The van der Waals surface area contributed by atoms with Gasteiger partial charge in [-0.25, -0.2) is 0 Å². The molecule has 0 saturated carbocycles. The minimum Gasteiger partial charge on any atom is -0.397 e. The van der Waals surface area contributed by atoms with Crippen LogP contribution in [0.15, 0.2) is 24.3 Å². The Hall–Kier alpha value is -1.20. The fourth-order valence-corrected chi connectivity index (χ4v) is 3.42. The Kier molecular flexibility index (Phi) is 4.14. The number of carbonyl (C=O) groups is 1. The van der Waals surface area contributed by atoms with Crippen molar-refractivity contribution in [2.45, 2.75) is 13.0 Å². The molecule has 0 saturated heterocycles. The van der Waals surface area contributed by atoms with Gasteiger partial charge in [-0.1, -0.05) is 18.2 Å². The molecule has 0 radical (unpaired) electrons. The highest BCUT2D eigenvalue weighted by Gasteiger charge is 2.17. The van der Waals surface area contributed by atoms with Crippen molar-refractivity contribution in [1.82, 2.24) is 5.32 Å². The van der Waals surface area contributed by atoms with Crippen LogP contribution in [-0.4, -0.2) is 24.0 Å². The van der Waals surface area contributed by atoms with Crippen molar-refractivity contribution in [1.29, 1.82) is 0 Å². The summed E-state index contributed by atoms with van der Waals surface area (Å²) >= 11 is 3.16. The number of hydrogen-bond donors (Lipinski definition) is 2. The summed E-state index contributed by atoms with van der Waals surface area (Å²) < 4.78 is 1.05. The molecule has 1 heterocycles. The molecule has 0 spiro atoms. The molecule has 0 fully saturated rings. The van der Waals surface area contributed by atoms with Gasteiger partial charge in [0.15, 0.2) is 0 Å². The Balaban J connectivity index is 2.25. The maximum absolute atomic E-state index is 12.1. The summed E-state index contributed by atoms with van der Waals surface area (Å²) in [6.07, 6.45) is 2.02. The zero-order valence-electron chi connectivity index (χ0n) is 10.4. The van der Waals surface area contributed by atoms with Gasteiger partial charge < -0.3 is 11.1 Å². The molecule has 1 aromatic carbocycles. The second-order valence-corrected chi connectivity index (χ2v) is 6.13. The molecule has 3 nitrogen and oxygen atoms in total. The van der Waals surface area contributed by atoms with Gasteiger partial charge in [0, 0.05) is 21.9 Å². The minimum absolute atomic E-state index is 0.0738. The smallest absolute Gasteiger partial charge is 0.263 e. The summed E-state index contributed by atoms with van der Waals surface area (Å²) in [5, 5.41) is 3.93. The number of benzene rings is 1. The van der Waals surface area contributed by atoms with Crippen LogP contribution in [0.3, 0.4) is 0 Å². The van der Waals surface area contributed by atoms with Crippen molar-refractivity contribution in [2.75, 3.05) is 17.7 Å². The van der Waals surface area contributed by atoms with Gasteiger partial charge in [0.25, 0.3) is 5.91 Å². The van der Waals surface area contributed by atoms with Crippen molar-refractivity contribution >= 4 is 44.8 Å². The summed E-state index contributed by atoms with van der Waals surface area (Å²) in [6.45, 7) is 2.00. The van der Waals surface area contributed by atoms with Gasteiger partial charge in [-0.05, 0) is 19.2 Å². The minimum atomic E-state index is -0.0738. The monoisotopic (exact) mass is 280 g/mol. The second-order valence-electron chi connectivity index (χ2n) is 4.17. The molecular weight excluding hydrogens is 264 g/mol. The van der Waals surface area contributed by atoms with E-state index in [1.807, 2.05) is 37.4 Å². The molecule has 0 bridgehead atoms. The number of nitrogens with one attached hydrogen (secondary N) is 1. The van der Waals surface area contributed by atoms with E-state index >= 15 is 0 Å². The summed E-state index contributed by atoms with van der Waals surface area (Å²) in [5.74, 6) is 0.826. The Labute approximate surface area is 115 Å². The van der Waals surface area contributed by atoms with Crippen LogP contribution in [0.2, 0.25) is 0 Å². The van der Waals surface area contributed by atoms with Gasteiger partial charge in [0.1, 0.15) is 4.88 Å². The SMILES string of the molecule is CSCC(C)NC(=O)c1sc2ccccc2c1N. The van der Waals surface area contributed by atoms with Crippen LogP contribution >= 0.6 is 23.1 Å². The third-order valence-corrected chi connectivity index (χ3v) is 4.65. The molecule has 0 aliphatic carbocycles. The Bertz CT molecular complexity index is 565. The fraction of sp³-hybridized carbons (Fsp3) is 0.308. The fourth-order valence-electron chi connectivity index (χ4n) is 1.82. The quantitative estimate of drug-likeness (QED) is 0.905. The first-order valence-corrected chi connectivity index (χ1v) is 7.91. The number of thiophene rings is 1. The van der Waals surface area contributed by atoms with Crippen molar-refractivity contribution in [3.63, 3.8) is 0 Å². The number of fused-ring (bicyclic) bond motifs is 1. The third kappa shape index (κ3) is 2.62. The topological polar surface area (TPSA) is 55.1 Å². The van der Waals surface area contributed by atoms with Gasteiger partial charge in [-0.15, -0.1) is 11.3 Å². The average Bonchev–Trinajstić information content (AvgIpc) is 2.68. The molecule has 2 rings (SSSR count). The molecule has 1 aromatic heterocycles. The van der Waals surface area contributed by atoms with Crippen LogP contribution in [0, 0.1) is 0 Å². The summed E-state index contributed by atoms with van der Waals surface area (Å²) in [7, 11) is 0. The van der Waals surface area contributed by atoms with E-state index in [1.54, 1.807) is 11.8 Å². The highest BCUT2D eigenvalue weighted by Crippen LogP contribution is 2.33. The predicted octanol–water partition coefficient (Wildman–Crippen LogP) is 2.96. The molecule has 1 atom stereocenters. The first-order valence-electron chi connectivity index (χ1n) is 5.70. The molecule has 5 heteroatoms. The van der Waals surface area contributed by atoms with Crippen LogP contribution in [0.1, 0.15) is 16.6 Å². The number of hydrogen-bond acceptors (Lipinski definition) is 4. The number of rotatable bonds is 4. The number of carbonyl (C=O) groups excluding carboxylic acids is 1. The summed E-state index contributed by atoms with van der Waals surface area (Å²) in [6, 6.07) is 7.97. The maximum atomic E-state index is 12.1. The van der Waals surface area contributed by atoms with Gasteiger partial charge in [0.05, 0.1) is 5.69 Å². The van der Waals surface area contributed by atoms with Gasteiger partial charge in [0.2, 0.25) is 0 Å². The second kappa shape index (κ2) is 5.63. The van der Waals surface area contributed by atoms with Crippen molar-refractivity contribution in [3.05, 3.63) is 29.1 Å². The largest absolute Gasteiger partial charge is 0.397 e. The zero-order chi connectivity index (χ0) is 13.1. The van der Waals surface area contributed by atoms with Crippen molar-refractivity contribution in [2.24, 2.45) is 0 Å². The van der Waals surface area contributed by atoms with E-state index in [-0.39, 0.29) is 11.9 Å². The summed E-state index contributed by atoms with van der Waals surface area (Å²) in [5.41, 5.74) is 6.62. The molecule has 0 aliphatic heterocycles. The lowest BCUT2D eigenvalue weighted by Gasteiger charge is -2.11. The number of thioether (sulfide) groups is 1.